The van der Waals surface area contributed by atoms with E-state index in [9.17, 15) is 0 Å². The quantitative estimate of drug-likeness (QED) is 0.866. The van der Waals surface area contributed by atoms with E-state index >= 15 is 0 Å². The smallest absolute Gasteiger partial charge is 0.201 e. The minimum atomic E-state index is 0.340. The van der Waals surface area contributed by atoms with Gasteiger partial charge in [0.25, 0.3) is 0 Å². The number of nitrogens with two attached hydrogens (primary N) is 1. The lowest BCUT2D eigenvalue weighted by Crippen LogP contribution is -2.17. The van der Waals surface area contributed by atoms with Crippen LogP contribution in [0.25, 0.3) is 11.0 Å². The van der Waals surface area contributed by atoms with Crippen molar-refractivity contribution < 1.29 is 4.74 Å². The van der Waals surface area contributed by atoms with Crippen molar-refractivity contribution in [3.63, 3.8) is 0 Å². The number of imidazole rings is 1. The van der Waals surface area contributed by atoms with E-state index in [4.69, 9.17) is 10.5 Å². The average Bonchev–Trinajstić information content (AvgIpc) is 2.77. The van der Waals surface area contributed by atoms with E-state index in [1.54, 1.807) is 0 Å². The first-order valence-electron chi connectivity index (χ1n) is 7.53. The topological polar surface area (TPSA) is 53.1 Å². The van der Waals surface area contributed by atoms with Gasteiger partial charge in [-0.05, 0) is 31.9 Å². The molecular formula is C16H25N3O. The summed E-state index contributed by atoms with van der Waals surface area (Å²) in [5.74, 6) is 1.99. The maximum Gasteiger partial charge on any atom is 0.201 e. The maximum atomic E-state index is 6.16. The fourth-order valence-corrected chi connectivity index (χ4v) is 2.99. The van der Waals surface area contributed by atoms with E-state index in [2.05, 4.69) is 36.4 Å². The molecule has 2 rings (SSSR count). The van der Waals surface area contributed by atoms with E-state index < -0.39 is 0 Å². The Morgan fingerprint density at radius 3 is 2.55 bits per heavy atom. The monoisotopic (exact) mass is 275 g/mol. The van der Waals surface area contributed by atoms with Crippen LogP contribution in [0.15, 0.2) is 18.2 Å². The van der Waals surface area contributed by atoms with Gasteiger partial charge in [-0.1, -0.05) is 32.8 Å². The number of benzene rings is 1. The van der Waals surface area contributed by atoms with Crippen molar-refractivity contribution in [2.24, 2.45) is 5.92 Å². The lowest BCUT2D eigenvalue weighted by Gasteiger charge is -2.24. The van der Waals surface area contributed by atoms with Crippen LogP contribution in [-0.4, -0.2) is 16.2 Å². The number of ether oxygens (including phenoxy) is 1. The summed E-state index contributed by atoms with van der Waals surface area (Å²) in [7, 11) is 0. The summed E-state index contributed by atoms with van der Waals surface area (Å²) in [6.45, 7) is 9.29. The predicted molar refractivity (Wildman–Crippen MR) is 84.1 cm³/mol. The zero-order chi connectivity index (χ0) is 14.7. The predicted octanol–water partition coefficient (Wildman–Crippen LogP) is 4.01. The van der Waals surface area contributed by atoms with Gasteiger partial charge in [0.05, 0.1) is 12.1 Å². The van der Waals surface area contributed by atoms with Crippen LogP contribution in [0.2, 0.25) is 0 Å². The molecule has 4 nitrogen and oxygen atoms in total. The van der Waals surface area contributed by atoms with Crippen molar-refractivity contribution in [2.45, 2.75) is 46.6 Å². The van der Waals surface area contributed by atoms with Gasteiger partial charge in [-0.3, -0.25) is 0 Å². The SMILES string of the molecule is CCOc1cccc2c1nc(N)n2C(C)C(CC)CC. The summed E-state index contributed by atoms with van der Waals surface area (Å²) in [5, 5.41) is 0. The van der Waals surface area contributed by atoms with Gasteiger partial charge in [-0.15, -0.1) is 0 Å². The first kappa shape index (κ1) is 14.7. The molecule has 0 radical (unpaired) electrons. The number of nitrogens with zero attached hydrogens (tertiary/aromatic N) is 2. The molecule has 20 heavy (non-hydrogen) atoms. The fraction of sp³-hybridized carbons (Fsp3) is 0.562. The van der Waals surface area contributed by atoms with Crippen LogP contribution in [0.5, 0.6) is 5.75 Å². The molecule has 1 aromatic heterocycles. The Morgan fingerprint density at radius 1 is 1.25 bits per heavy atom. The molecule has 0 saturated heterocycles. The Bertz CT molecular complexity index is 572. The lowest BCUT2D eigenvalue weighted by molar-refractivity contribution is 0.341. The summed E-state index contributed by atoms with van der Waals surface area (Å²) in [6.07, 6.45) is 2.28. The highest BCUT2D eigenvalue weighted by Crippen LogP contribution is 2.33. The van der Waals surface area contributed by atoms with Crippen molar-refractivity contribution in [3.8, 4) is 5.75 Å². The number of aromatic nitrogens is 2. The Labute approximate surface area is 120 Å². The largest absolute Gasteiger partial charge is 0.492 e. The van der Waals surface area contributed by atoms with Gasteiger partial charge < -0.3 is 15.0 Å². The van der Waals surface area contributed by atoms with Crippen LogP contribution in [0, 0.1) is 5.92 Å². The van der Waals surface area contributed by atoms with Gasteiger partial charge in [0, 0.05) is 6.04 Å². The Balaban J connectivity index is 2.54. The number of hydrogen-bond acceptors (Lipinski definition) is 3. The molecule has 0 fully saturated rings. The molecule has 1 aromatic carbocycles. The number of nitrogen functional groups attached to an aromatic ring is 1. The lowest BCUT2D eigenvalue weighted by atomic mass is 9.95. The van der Waals surface area contributed by atoms with Crippen LogP contribution in [0.3, 0.4) is 0 Å². The number of anilines is 1. The number of hydrogen-bond donors (Lipinski definition) is 1. The average molecular weight is 275 g/mol. The van der Waals surface area contributed by atoms with E-state index in [0.717, 1.165) is 29.6 Å². The van der Waals surface area contributed by atoms with Crippen LogP contribution in [0.4, 0.5) is 5.95 Å². The van der Waals surface area contributed by atoms with Gasteiger partial charge >= 0.3 is 0 Å². The van der Waals surface area contributed by atoms with Crippen molar-refractivity contribution in [1.29, 1.82) is 0 Å². The van der Waals surface area contributed by atoms with Gasteiger partial charge in [-0.25, -0.2) is 4.98 Å². The molecule has 1 atom stereocenters. The van der Waals surface area contributed by atoms with Gasteiger partial charge in [0.15, 0.2) is 0 Å². The van der Waals surface area contributed by atoms with Crippen molar-refractivity contribution in [1.82, 2.24) is 9.55 Å². The highest BCUT2D eigenvalue weighted by Gasteiger charge is 2.21. The van der Waals surface area contributed by atoms with Gasteiger partial charge in [-0.2, -0.15) is 0 Å². The third-order valence-corrected chi connectivity index (χ3v) is 4.15. The summed E-state index contributed by atoms with van der Waals surface area (Å²) in [4.78, 5) is 4.52. The number of fused-ring (bicyclic) bond motifs is 1. The Kier molecular flexibility index (Phi) is 4.53. The minimum absolute atomic E-state index is 0.340. The molecule has 0 aliphatic heterocycles. The zero-order valence-electron chi connectivity index (χ0n) is 12.9. The van der Waals surface area contributed by atoms with E-state index in [0.29, 0.717) is 24.5 Å². The highest BCUT2D eigenvalue weighted by atomic mass is 16.5. The Hall–Kier alpha value is -1.71. The fourth-order valence-electron chi connectivity index (χ4n) is 2.99. The van der Waals surface area contributed by atoms with Gasteiger partial charge in [0.1, 0.15) is 11.3 Å². The van der Waals surface area contributed by atoms with Crippen molar-refractivity contribution >= 4 is 17.0 Å². The molecule has 0 saturated carbocycles. The van der Waals surface area contributed by atoms with Crippen LogP contribution in [0.1, 0.15) is 46.6 Å². The van der Waals surface area contributed by atoms with Crippen molar-refractivity contribution in [3.05, 3.63) is 18.2 Å². The first-order chi connectivity index (χ1) is 9.63. The molecule has 0 amide bonds. The normalized spacial score (nSPS) is 13.1. The summed E-state index contributed by atoms with van der Waals surface area (Å²) in [6, 6.07) is 6.36. The first-order valence-corrected chi connectivity index (χ1v) is 7.53. The molecule has 0 spiro atoms. The minimum Gasteiger partial charge on any atom is -0.492 e. The summed E-state index contributed by atoms with van der Waals surface area (Å²) in [5.41, 5.74) is 8.09. The highest BCUT2D eigenvalue weighted by molar-refractivity contribution is 5.84. The summed E-state index contributed by atoms with van der Waals surface area (Å²) < 4.78 is 7.80. The van der Waals surface area contributed by atoms with E-state index in [-0.39, 0.29) is 0 Å². The molecule has 0 bridgehead atoms. The molecule has 1 heterocycles. The van der Waals surface area contributed by atoms with Crippen LogP contribution < -0.4 is 10.5 Å². The zero-order valence-corrected chi connectivity index (χ0v) is 12.9. The molecule has 0 aliphatic rings. The Morgan fingerprint density at radius 2 is 1.95 bits per heavy atom. The third-order valence-electron chi connectivity index (χ3n) is 4.15. The molecular weight excluding hydrogens is 250 g/mol. The second-order valence-electron chi connectivity index (χ2n) is 5.21. The van der Waals surface area contributed by atoms with Crippen molar-refractivity contribution in [2.75, 3.05) is 12.3 Å². The second kappa shape index (κ2) is 6.16. The maximum absolute atomic E-state index is 6.16. The summed E-state index contributed by atoms with van der Waals surface area (Å²) >= 11 is 0. The van der Waals surface area contributed by atoms with Crippen LogP contribution >= 0.6 is 0 Å². The molecule has 2 N–H and O–H groups in total. The second-order valence-corrected chi connectivity index (χ2v) is 5.21. The third kappa shape index (κ3) is 2.47. The van der Waals surface area contributed by atoms with Gasteiger partial charge in [0.2, 0.25) is 5.95 Å². The molecule has 1 unspecified atom stereocenters. The molecule has 0 aliphatic carbocycles. The molecule has 110 valence electrons. The number of rotatable bonds is 6. The van der Waals surface area contributed by atoms with Crippen LogP contribution in [-0.2, 0) is 0 Å². The number of para-hydroxylation sites is 1. The standard InChI is InChI=1S/C16H25N3O/c1-5-12(6-2)11(4)19-13-9-8-10-14(20-7-3)15(13)18-16(19)17/h8-12H,5-7H2,1-4H3,(H2,17,18). The molecule has 2 aromatic rings. The van der Waals surface area contributed by atoms with E-state index in [1.807, 2.05) is 19.1 Å². The van der Waals surface area contributed by atoms with E-state index in [1.165, 1.54) is 0 Å². The molecule has 4 heteroatoms.